The smallest absolute Gasteiger partial charge is 0.152 e. The third kappa shape index (κ3) is 3.20. The summed E-state index contributed by atoms with van der Waals surface area (Å²) >= 11 is 7.66. The zero-order valence-corrected chi connectivity index (χ0v) is 20.4. The molecule has 1 N–H and O–H groups in total. The highest BCUT2D eigenvalue weighted by molar-refractivity contribution is 8.01. The molecule has 8 atom stereocenters. The van der Waals surface area contributed by atoms with Crippen LogP contribution in [0.2, 0.25) is 5.02 Å². The Balaban J connectivity index is 1.80. The van der Waals surface area contributed by atoms with E-state index in [1.165, 1.54) is 0 Å². The summed E-state index contributed by atoms with van der Waals surface area (Å²) in [7, 11) is 1.80. The summed E-state index contributed by atoms with van der Waals surface area (Å²) in [4.78, 5) is 15.1. The third-order valence-electron chi connectivity index (χ3n) is 9.20. The minimum Gasteiger partial charge on any atom is -0.392 e. The van der Waals surface area contributed by atoms with Gasteiger partial charge in [-0.15, -0.1) is 11.8 Å². The van der Waals surface area contributed by atoms with Crippen molar-refractivity contribution in [1.29, 1.82) is 0 Å². The van der Waals surface area contributed by atoms with Gasteiger partial charge in [0, 0.05) is 28.4 Å². The average Bonchev–Trinajstić information content (AvgIpc) is 3.11. The predicted octanol–water partition coefficient (Wildman–Crippen LogP) is 6.01. The van der Waals surface area contributed by atoms with Gasteiger partial charge in [0.25, 0.3) is 0 Å². The third-order valence-corrected chi connectivity index (χ3v) is 10.8. The van der Waals surface area contributed by atoms with E-state index in [2.05, 4.69) is 20.8 Å². The van der Waals surface area contributed by atoms with Crippen LogP contribution in [-0.2, 0) is 9.53 Å². The molecule has 3 aliphatic carbocycles. The molecule has 0 aliphatic heterocycles. The van der Waals surface area contributed by atoms with Gasteiger partial charge < -0.3 is 9.84 Å². The number of hydrogen-bond acceptors (Lipinski definition) is 4. The molecule has 0 heterocycles. The molecule has 3 nitrogen and oxygen atoms in total. The van der Waals surface area contributed by atoms with Gasteiger partial charge in [-0.25, -0.2) is 0 Å². The molecule has 3 fully saturated rings. The van der Waals surface area contributed by atoms with Crippen molar-refractivity contribution >= 4 is 29.1 Å². The summed E-state index contributed by atoms with van der Waals surface area (Å²) in [6, 6.07) is 7.69. The number of carbonyl (C=O) groups excluding carboxylic acids is 1. The molecule has 0 saturated heterocycles. The number of Topliss-reactive ketones (excluding diaryl/α,β-unsaturated/α-hetero) is 1. The van der Waals surface area contributed by atoms with Crippen LogP contribution in [0, 0.1) is 28.6 Å². The summed E-state index contributed by atoms with van der Waals surface area (Å²) < 4.78 is 5.30. The zero-order valence-electron chi connectivity index (χ0n) is 18.8. The second kappa shape index (κ2) is 7.79. The zero-order chi connectivity index (χ0) is 21.9. The van der Waals surface area contributed by atoms with Crippen molar-refractivity contribution in [1.82, 2.24) is 0 Å². The van der Waals surface area contributed by atoms with Crippen molar-refractivity contribution in [2.45, 2.75) is 81.6 Å². The average molecular weight is 451 g/mol. The van der Waals surface area contributed by atoms with E-state index in [0.29, 0.717) is 17.4 Å². The molecular weight excluding hydrogens is 416 g/mol. The highest BCUT2D eigenvalue weighted by atomic mass is 35.5. The normalized spacial score (nSPS) is 46.2. The van der Waals surface area contributed by atoms with Gasteiger partial charge in [-0.2, -0.15) is 0 Å². The number of methoxy groups -OCH3 is 1. The molecule has 5 heteroatoms. The van der Waals surface area contributed by atoms with Crippen molar-refractivity contribution < 1.29 is 14.6 Å². The fraction of sp³-hybridized carbons (Fsp3) is 0.720. The van der Waals surface area contributed by atoms with Crippen molar-refractivity contribution in [3.8, 4) is 0 Å². The first-order valence-corrected chi connectivity index (χ1v) is 12.5. The minimum atomic E-state index is -0.673. The Labute approximate surface area is 190 Å². The van der Waals surface area contributed by atoms with Crippen molar-refractivity contribution in [3.05, 3.63) is 29.3 Å². The highest BCUT2D eigenvalue weighted by Crippen LogP contribution is 2.68. The molecule has 30 heavy (non-hydrogen) atoms. The van der Waals surface area contributed by atoms with Gasteiger partial charge in [-0.1, -0.05) is 32.4 Å². The van der Waals surface area contributed by atoms with E-state index in [1.807, 2.05) is 31.2 Å². The second-order valence-corrected chi connectivity index (χ2v) is 12.4. The SMILES string of the molecule is CO[C@@H]1CCC23CC[C@@H](C)[C@](C)(C12)[C@H](O)C[C@@](C)(Sc1ccc(Cl)cc1)C(=O)[C@@H]3C. The number of hydrogen-bond donors (Lipinski definition) is 1. The lowest BCUT2D eigenvalue weighted by Gasteiger charge is -2.61. The predicted molar refractivity (Wildman–Crippen MR) is 123 cm³/mol. The Morgan fingerprint density at radius 3 is 2.40 bits per heavy atom. The fourth-order valence-electron chi connectivity index (χ4n) is 7.26. The molecule has 166 valence electrons. The number of aliphatic hydroxyl groups is 1. The fourth-order valence-corrected chi connectivity index (χ4v) is 8.70. The van der Waals surface area contributed by atoms with E-state index < -0.39 is 10.9 Å². The Hall–Kier alpha value is -0.550. The molecule has 0 radical (unpaired) electrons. The van der Waals surface area contributed by atoms with Gasteiger partial charge >= 0.3 is 0 Å². The Kier molecular flexibility index (Phi) is 5.88. The standard InChI is InChI=1S/C25H35ClO3S/c1-15-10-12-25-13-11-19(29-5)21(25)24(15,4)20(27)14-23(3,22(28)16(25)2)30-18-8-6-17(26)7-9-18/h6-9,15-16,19-21,27H,10-14H2,1-5H3/t15-,16+,19-,20-,21?,23-,24+,25?/m1/s1. The van der Waals surface area contributed by atoms with Gasteiger partial charge in [0.2, 0.25) is 0 Å². The van der Waals surface area contributed by atoms with Crippen LogP contribution in [0.15, 0.2) is 29.2 Å². The quantitative estimate of drug-likeness (QED) is 0.612. The van der Waals surface area contributed by atoms with Crippen LogP contribution < -0.4 is 0 Å². The van der Waals surface area contributed by atoms with E-state index in [1.54, 1.807) is 18.9 Å². The number of benzene rings is 1. The molecule has 0 amide bonds. The number of carbonyl (C=O) groups is 1. The van der Waals surface area contributed by atoms with E-state index in [0.717, 1.165) is 30.6 Å². The Bertz CT molecular complexity index is 813. The number of ketones is 1. The molecule has 3 saturated carbocycles. The van der Waals surface area contributed by atoms with Crippen molar-refractivity contribution in [2.24, 2.45) is 28.6 Å². The Morgan fingerprint density at radius 1 is 1.13 bits per heavy atom. The summed E-state index contributed by atoms with van der Waals surface area (Å²) in [5.41, 5.74) is -0.339. The van der Waals surface area contributed by atoms with Gasteiger partial charge in [-0.05, 0) is 80.5 Å². The molecule has 0 spiro atoms. The van der Waals surface area contributed by atoms with Crippen LogP contribution in [0.4, 0.5) is 0 Å². The highest BCUT2D eigenvalue weighted by Gasteiger charge is 2.67. The summed E-state index contributed by atoms with van der Waals surface area (Å²) in [6.07, 6.45) is 4.15. The first-order valence-electron chi connectivity index (χ1n) is 11.3. The van der Waals surface area contributed by atoms with E-state index in [9.17, 15) is 9.90 Å². The lowest BCUT2D eigenvalue weighted by molar-refractivity contribution is -0.182. The van der Waals surface area contributed by atoms with Gasteiger partial charge in [0.1, 0.15) is 0 Å². The van der Waals surface area contributed by atoms with Crippen LogP contribution in [0.5, 0.6) is 0 Å². The van der Waals surface area contributed by atoms with Crippen LogP contribution in [0.25, 0.3) is 0 Å². The molecule has 4 rings (SSSR count). The lowest BCUT2D eigenvalue weighted by Crippen LogP contribution is -2.63. The lowest BCUT2D eigenvalue weighted by atomic mass is 9.45. The maximum atomic E-state index is 14.1. The Morgan fingerprint density at radius 2 is 1.77 bits per heavy atom. The monoisotopic (exact) mass is 450 g/mol. The summed E-state index contributed by atoms with van der Waals surface area (Å²) in [5.74, 6) is 0.843. The molecule has 1 aromatic rings. The molecule has 0 aromatic heterocycles. The van der Waals surface area contributed by atoms with Crippen LogP contribution in [0.1, 0.15) is 59.8 Å². The molecule has 1 aromatic carbocycles. The van der Waals surface area contributed by atoms with Crippen LogP contribution in [-0.4, -0.2) is 35.0 Å². The number of aliphatic hydroxyl groups excluding tert-OH is 1. The van der Waals surface area contributed by atoms with Crippen LogP contribution in [0.3, 0.4) is 0 Å². The first-order chi connectivity index (χ1) is 14.1. The topological polar surface area (TPSA) is 46.5 Å². The first kappa shape index (κ1) is 22.6. The van der Waals surface area contributed by atoms with E-state index in [-0.39, 0.29) is 34.6 Å². The van der Waals surface area contributed by atoms with Crippen molar-refractivity contribution in [3.63, 3.8) is 0 Å². The van der Waals surface area contributed by atoms with Crippen molar-refractivity contribution in [2.75, 3.05) is 7.11 Å². The largest absolute Gasteiger partial charge is 0.392 e. The summed E-state index contributed by atoms with van der Waals surface area (Å²) in [6.45, 7) is 8.75. The van der Waals surface area contributed by atoms with Gasteiger partial charge in [-0.3, -0.25) is 4.79 Å². The number of halogens is 1. The number of ether oxygens (including phenoxy) is 1. The number of rotatable bonds is 3. The molecular formula is C25H35ClO3S. The van der Waals surface area contributed by atoms with E-state index >= 15 is 0 Å². The van der Waals surface area contributed by atoms with Crippen LogP contribution >= 0.6 is 23.4 Å². The maximum Gasteiger partial charge on any atom is 0.152 e. The molecule has 3 aliphatic rings. The van der Waals surface area contributed by atoms with Gasteiger partial charge in [0.05, 0.1) is 17.0 Å². The minimum absolute atomic E-state index is 0.0493. The maximum absolute atomic E-state index is 14.1. The van der Waals surface area contributed by atoms with Gasteiger partial charge in [0.15, 0.2) is 5.78 Å². The summed E-state index contributed by atoms with van der Waals surface area (Å²) in [5, 5.41) is 12.4. The van der Waals surface area contributed by atoms with E-state index in [4.69, 9.17) is 16.3 Å². The number of thioether (sulfide) groups is 1. The second-order valence-electron chi connectivity index (χ2n) is 10.4. The molecule has 2 unspecified atom stereocenters. The molecule has 2 bridgehead atoms.